The van der Waals surface area contributed by atoms with Gasteiger partial charge in [0.15, 0.2) is 0 Å². The predicted octanol–water partition coefficient (Wildman–Crippen LogP) is 2.88. The van der Waals surface area contributed by atoms with Crippen LogP contribution in [0.1, 0.15) is 76.3 Å². The molecule has 0 radical (unpaired) electrons. The fourth-order valence-electron chi connectivity index (χ4n) is 2.93. The molecule has 0 saturated heterocycles. The minimum atomic E-state index is -4.94. The molecule has 0 aliphatic heterocycles. The number of benzene rings is 1. The van der Waals surface area contributed by atoms with E-state index in [9.17, 15) is 0 Å². The zero-order valence-electron chi connectivity index (χ0n) is 20.4. The summed E-state index contributed by atoms with van der Waals surface area (Å²) in [5.41, 5.74) is 4.16. The predicted molar refractivity (Wildman–Crippen MR) is 125 cm³/mol. The molecule has 32 heavy (non-hydrogen) atoms. The summed E-state index contributed by atoms with van der Waals surface area (Å²) < 4.78 is 34.0. The van der Waals surface area contributed by atoms with Gasteiger partial charge in [-0.3, -0.25) is 0 Å². The highest BCUT2D eigenvalue weighted by Crippen LogP contribution is 2.35. The van der Waals surface area contributed by atoms with Gasteiger partial charge >= 0.3 is 0 Å². The van der Waals surface area contributed by atoms with Crippen molar-refractivity contribution in [2.45, 2.75) is 66.2 Å². The lowest BCUT2D eigenvalue weighted by molar-refractivity contribution is -2.00. The Bertz CT molecular complexity index is 837. The first-order chi connectivity index (χ1) is 14.5. The van der Waals surface area contributed by atoms with Crippen LogP contribution in [-0.4, -0.2) is 13.1 Å². The smallest absolute Gasteiger partial charge is 0.219 e. The maximum absolute atomic E-state index is 8.49. The van der Waals surface area contributed by atoms with Crippen molar-refractivity contribution < 1.29 is 28.9 Å². The van der Waals surface area contributed by atoms with Crippen molar-refractivity contribution >= 4 is 29.2 Å². The minimum absolute atomic E-state index is 0.167. The van der Waals surface area contributed by atoms with E-state index in [0.717, 1.165) is 13.1 Å². The molecular formula is C25H36ClNO4S. The van der Waals surface area contributed by atoms with Gasteiger partial charge in [-0.2, -0.15) is 0 Å². The van der Waals surface area contributed by atoms with Crippen LogP contribution in [0.5, 0.6) is 0 Å². The Labute approximate surface area is 199 Å². The van der Waals surface area contributed by atoms with Crippen LogP contribution in [0.4, 0.5) is 5.69 Å². The Hall–Kier alpha value is -1.54. The molecular weight excluding hydrogens is 446 g/mol. The number of nitrogens with zero attached hydrogens (tertiary/aromatic N) is 1. The molecule has 0 aliphatic carbocycles. The van der Waals surface area contributed by atoms with Crippen LogP contribution in [0.25, 0.3) is 12.2 Å². The van der Waals surface area contributed by atoms with Gasteiger partial charge in [-0.05, 0) is 37.1 Å². The van der Waals surface area contributed by atoms with Gasteiger partial charge < -0.3 is 4.90 Å². The molecule has 7 heteroatoms. The maximum Gasteiger partial charge on any atom is 0.219 e. The van der Waals surface area contributed by atoms with Gasteiger partial charge in [-0.1, -0.05) is 65.8 Å². The summed E-state index contributed by atoms with van der Waals surface area (Å²) in [6.45, 7) is 20.3. The second kappa shape index (κ2) is 11.5. The third kappa shape index (κ3) is 10.4. The zero-order valence-corrected chi connectivity index (χ0v) is 22.0. The Balaban J connectivity index is 0.000000920. The minimum Gasteiger partial charge on any atom is -0.372 e. The van der Waals surface area contributed by atoms with E-state index in [-0.39, 0.29) is 10.8 Å². The molecule has 0 aliphatic rings. The fraction of sp³-hybridized carbons (Fsp3) is 0.480. The van der Waals surface area contributed by atoms with E-state index in [1.165, 1.54) is 26.6 Å². The lowest BCUT2D eigenvalue weighted by Gasteiger charge is -2.20. The largest absolute Gasteiger partial charge is 0.372 e. The lowest BCUT2D eigenvalue weighted by Crippen LogP contribution is -2.68. The Morgan fingerprint density at radius 2 is 1.12 bits per heavy atom. The SMILES string of the molecule is CCN(CC)c1ccc(/C=C/c2cc(C(C)(C)C)[s+]c(C(C)(C)C)c2)cc1.[O-][Cl+3]([O-])([O-])[O-]. The fourth-order valence-corrected chi connectivity index (χ4v) is 4.17. The second-order valence-corrected chi connectivity index (χ2v) is 11.4. The molecule has 0 atom stereocenters. The third-order valence-corrected chi connectivity index (χ3v) is 6.68. The van der Waals surface area contributed by atoms with Gasteiger partial charge in [-0.25, -0.2) is 18.6 Å². The van der Waals surface area contributed by atoms with E-state index in [1.54, 1.807) is 0 Å². The molecule has 2 rings (SSSR count). The molecule has 1 heterocycles. The summed E-state index contributed by atoms with van der Waals surface area (Å²) in [5.74, 6) is 0. The Kier molecular flexibility index (Phi) is 10.3. The molecule has 5 nitrogen and oxygen atoms in total. The van der Waals surface area contributed by atoms with E-state index < -0.39 is 10.2 Å². The highest BCUT2D eigenvalue weighted by atomic mass is 35.7. The molecule has 1 aromatic heterocycles. The molecule has 1 aromatic carbocycles. The van der Waals surface area contributed by atoms with Crippen LogP contribution < -0.4 is 23.5 Å². The van der Waals surface area contributed by atoms with Crippen LogP contribution in [0.3, 0.4) is 0 Å². The van der Waals surface area contributed by atoms with E-state index >= 15 is 0 Å². The van der Waals surface area contributed by atoms with Crippen LogP contribution in [0.15, 0.2) is 36.4 Å². The number of hydrogen-bond donors (Lipinski definition) is 0. The molecule has 0 unspecified atom stereocenters. The molecule has 2 aromatic rings. The van der Waals surface area contributed by atoms with Gasteiger partial charge in [0.05, 0.1) is 0 Å². The van der Waals surface area contributed by atoms with Crippen molar-refractivity contribution in [2.75, 3.05) is 18.0 Å². The molecule has 0 saturated carbocycles. The quantitative estimate of drug-likeness (QED) is 0.612. The standard InChI is InChI=1S/C25H36NS.ClHO4/c1-9-26(10-2)21-15-13-19(14-16-21)11-12-20-17-22(24(3,4)5)27-23(18-20)25(6,7)8;2-1(3,4)5/h11-18H,9-10H2,1-8H3;(H,2,3,4,5)/q+1;/p-1/b12-11+;. The first kappa shape index (κ1) is 28.5. The highest BCUT2D eigenvalue weighted by molar-refractivity contribution is 7.12. The summed E-state index contributed by atoms with van der Waals surface area (Å²) in [6.07, 6.45) is 4.48. The number of rotatable bonds is 5. The van der Waals surface area contributed by atoms with Crippen molar-refractivity contribution in [1.29, 1.82) is 0 Å². The first-order valence-electron chi connectivity index (χ1n) is 10.7. The number of anilines is 1. The second-order valence-electron chi connectivity index (χ2n) is 9.59. The number of halogens is 1. The molecule has 0 amide bonds. The zero-order chi connectivity index (χ0) is 24.7. The van der Waals surface area contributed by atoms with Crippen LogP contribution in [0.2, 0.25) is 0 Å². The van der Waals surface area contributed by atoms with Gasteiger partial charge in [0.1, 0.15) is 0 Å². The van der Waals surface area contributed by atoms with Gasteiger partial charge in [0, 0.05) is 41.7 Å². The molecule has 0 spiro atoms. The van der Waals surface area contributed by atoms with E-state index in [1.807, 2.05) is 11.3 Å². The van der Waals surface area contributed by atoms with Crippen LogP contribution in [-0.2, 0) is 10.8 Å². The van der Waals surface area contributed by atoms with Crippen LogP contribution in [0, 0.1) is 10.2 Å². The summed E-state index contributed by atoms with van der Waals surface area (Å²) in [5, 5.41) is 0. The summed E-state index contributed by atoms with van der Waals surface area (Å²) >= 11 is 1.94. The topological polar surface area (TPSA) is 95.5 Å². The number of hydrogen-bond acceptors (Lipinski definition) is 5. The Morgan fingerprint density at radius 1 is 0.750 bits per heavy atom. The summed E-state index contributed by atoms with van der Waals surface area (Å²) in [4.78, 5) is 5.25. The molecule has 0 bridgehead atoms. The normalized spacial score (nSPS) is 12.5. The van der Waals surface area contributed by atoms with Crippen LogP contribution >= 0.6 is 11.3 Å². The Morgan fingerprint density at radius 3 is 1.47 bits per heavy atom. The monoisotopic (exact) mass is 481 g/mol. The van der Waals surface area contributed by atoms with Crippen molar-refractivity contribution in [3.8, 4) is 0 Å². The van der Waals surface area contributed by atoms with Crippen molar-refractivity contribution in [1.82, 2.24) is 0 Å². The third-order valence-electron chi connectivity index (χ3n) is 4.78. The van der Waals surface area contributed by atoms with Gasteiger partial charge in [0.25, 0.3) is 0 Å². The lowest BCUT2D eigenvalue weighted by atomic mass is 9.91. The van der Waals surface area contributed by atoms with E-state index in [4.69, 9.17) is 18.6 Å². The summed E-state index contributed by atoms with van der Waals surface area (Å²) in [6, 6.07) is 13.6. The van der Waals surface area contributed by atoms with Gasteiger partial charge in [-0.15, -0.1) is 10.2 Å². The van der Waals surface area contributed by atoms with Crippen molar-refractivity contribution in [3.63, 3.8) is 0 Å². The molecule has 0 fully saturated rings. The van der Waals surface area contributed by atoms with Crippen molar-refractivity contribution in [3.05, 3.63) is 57.3 Å². The van der Waals surface area contributed by atoms with Gasteiger partial charge in [0.2, 0.25) is 21.1 Å². The maximum atomic E-state index is 8.49. The van der Waals surface area contributed by atoms with E-state index in [0.29, 0.717) is 0 Å². The highest BCUT2D eigenvalue weighted by Gasteiger charge is 2.31. The first-order valence-corrected chi connectivity index (χ1v) is 12.7. The average Bonchev–Trinajstić information content (AvgIpc) is 2.65. The average molecular weight is 482 g/mol. The summed E-state index contributed by atoms with van der Waals surface area (Å²) in [7, 11) is -4.94. The molecule has 178 valence electrons. The van der Waals surface area contributed by atoms with Crippen molar-refractivity contribution in [2.24, 2.45) is 0 Å². The molecule has 0 N–H and O–H groups in total. The van der Waals surface area contributed by atoms with E-state index in [2.05, 4.69) is 109 Å².